The van der Waals surface area contributed by atoms with Gasteiger partial charge in [0.05, 0.1) is 16.6 Å². The molecule has 1 atom stereocenters. The molecule has 0 bridgehead atoms. The minimum Gasteiger partial charge on any atom is -0.353 e. The number of rotatable bonds is 5. The first kappa shape index (κ1) is 15.3. The molecule has 2 N–H and O–H groups in total. The van der Waals surface area contributed by atoms with E-state index in [1.807, 2.05) is 32.9 Å². The zero-order chi connectivity index (χ0) is 13.7. The van der Waals surface area contributed by atoms with Crippen molar-refractivity contribution in [2.45, 2.75) is 32.9 Å². The minimum atomic E-state index is -0.0332. The summed E-state index contributed by atoms with van der Waals surface area (Å²) in [6.45, 7) is 6.05. The number of hydrogen-bond acceptors (Lipinski definition) is 2. The lowest BCUT2D eigenvalue weighted by Crippen LogP contribution is -2.38. The Morgan fingerprint density at radius 2 is 1.94 bits per heavy atom. The predicted molar refractivity (Wildman–Crippen MR) is 76.2 cm³/mol. The monoisotopic (exact) mass is 288 g/mol. The Morgan fingerprint density at radius 1 is 1.28 bits per heavy atom. The molecule has 1 aromatic rings. The number of nitrogens with one attached hydrogen (secondary N) is 2. The van der Waals surface area contributed by atoms with Gasteiger partial charge >= 0.3 is 0 Å². The van der Waals surface area contributed by atoms with Crippen molar-refractivity contribution < 1.29 is 4.79 Å². The van der Waals surface area contributed by atoms with E-state index in [0.717, 1.165) is 5.56 Å². The number of amides is 1. The van der Waals surface area contributed by atoms with Gasteiger partial charge in [-0.1, -0.05) is 35.3 Å². The van der Waals surface area contributed by atoms with Crippen LogP contribution in [0, 0.1) is 0 Å². The van der Waals surface area contributed by atoms with Crippen LogP contribution in [-0.2, 0) is 4.79 Å². The molecule has 0 heterocycles. The average Bonchev–Trinajstić information content (AvgIpc) is 2.29. The summed E-state index contributed by atoms with van der Waals surface area (Å²) in [5.41, 5.74) is 0.890. The Bertz CT molecular complexity index is 421. The normalized spacial score (nSPS) is 12.6. The molecule has 3 nitrogen and oxygen atoms in total. The molecule has 1 unspecified atom stereocenters. The van der Waals surface area contributed by atoms with Gasteiger partial charge in [-0.15, -0.1) is 0 Å². The van der Waals surface area contributed by atoms with Gasteiger partial charge in [-0.25, -0.2) is 0 Å². The third-order valence-corrected chi connectivity index (χ3v) is 3.30. The second-order valence-corrected chi connectivity index (χ2v) is 5.25. The van der Waals surface area contributed by atoms with Gasteiger partial charge in [0.2, 0.25) is 5.91 Å². The van der Waals surface area contributed by atoms with E-state index >= 15 is 0 Å². The van der Waals surface area contributed by atoms with Crippen LogP contribution in [0.1, 0.15) is 32.4 Å². The van der Waals surface area contributed by atoms with Gasteiger partial charge in [0, 0.05) is 12.1 Å². The fourth-order valence-electron chi connectivity index (χ4n) is 1.58. The molecule has 5 heteroatoms. The van der Waals surface area contributed by atoms with E-state index in [1.165, 1.54) is 0 Å². The fourth-order valence-corrected chi connectivity index (χ4v) is 2.06. The van der Waals surface area contributed by atoms with Crippen molar-refractivity contribution >= 4 is 29.1 Å². The number of halogens is 2. The van der Waals surface area contributed by atoms with Gasteiger partial charge in [-0.05, 0) is 32.4 Å². The zero-order valence-corrected chi connectivity index (χ0v) is 12.3. The lowest BCUT2D eigenvalue weighted by Gasteiger charge is -2.16. The highest BCUT2D eigenvalue weighted by Crippen LogP contribution is 2.29. The fraction of sp³-hybridized carbons (Fsp3) is 0.462. The Balaban J connectivity index is 2.58. The number of benzene rings is 1. The molecule has 0 spiro atoms. The van der Waals surface area contributed by atoms with Crippen LogP contribution in [0.4, 0.5) is 0 Å². The van der Waals surface area contributed by atoms with Gasteiger partial charge in [0.1, 0.15) is 0 Å². The second kappa shape index (κ2) is 6.98. The van der Waals surface area contributed by atoms with Crippen LogP contribution >= 0.6 is 23.2 Å². The summed E-state index contributed by atoms with van der Waals surface area (Å²) in [5.74, 6) is -0.0324. The van der Waals surface area contributed by atoms with Crippen LogP contribution in [0.3, 0.4) is 0 Å². The molecular formula is C13H18Cl2N2O. The van der Waals surface area contributed by atoms with Crippen molar-refractivity contribution in [2.24, 2.45) is 0 Å². The Labute approximate surface area is 118 Å². The largest absolute Gasteiger partial charge is 0.353 e. The molecule has 1 amide bonds. The average molecular weight is 289 g/mol. The van der Waals surface area contributed by atoms with E-state index in [-0.39, 0.29) is 24.5 Å². The van der Waals surface area contributed by atoms with Gasteiger partial charge in [-0.3, -0.25) is 4.79 Å². The summed E-state index contributed by atoms with van der Waals surface area (Å²) in [6.07, 6.45) is 0. The van der Waals surface area contributed by atoms with E-state index in [4.69, 9.17) is 23.2 Å². The Morgan fingerprint density at radius 3 is 2.56 bits per heavy atom. The highest BCUT2D eigenvalue weighted by atomic mass is 35.5. The maximum absolute atomic E-state index is 11.5. The van der Waals surface area contributed by atoms with Gasteiger partial charge in [-0.2, -0.15) is 0 Å². The SMILES string of the molecule is CC(C)NC(=O)CNC(C)c1cccc(Cl)c1Cl. The van der Waals surface area contributed by atoms with E-state index < -0.39 is 0 Å². The Kier molecular flexibility index (Phi) is 5.93. The molecular weight excluding hydrogens is 271 g/mol. The molecule has 0 saturated heterocycles. The highest BCUT2D eigenvalue weighted by Gasteiger charge is 2.12. The van der Waals surface area contributed by atoms with Crippen molar-refractivity contribution in [3.63, 3.8) is 0 Å². The third kappa shape index (κ3) is 4.48. The topological polar surface area (TPSA) is 41.1 Å². The van der Waals surface area contributed by atoms with Crippen molar-refractivity contribution in [2.75, 3.05) is 6.54 Å². The molecule has 1 aromatic carbocycles. The lowest BCUT2D eigenvalue weighted by atomic mass is 10.1. The molecule has 0 aliphatic carbocycles. The maximum Gasteiger partial charge on any atom is 0.234 e. The predicted octanol–water partition coefficient (Wildman–Crippen LogP) is 3.17. The van der Waals surface area contributed by atoms with E-state index in [1.54, 1.807) is 6.07 Å². The Hall–Kier alpha value is -0.770. The first-order chi connectivity index (χ1) is 8.41. The number of carbonyl (C=O) groups is 1. The summed E-state index contributed by atoms with van der Waals surface area (Å²) in [4.78, 5) is 11.5. The standard InChI is InChI=1S/C13H18Cl2N2O/c1-8(2)17-12(18)7-16-9(3)10-5-4-6-11(14)13(10)15/h4-6,8-9,16H,7H2,1-3H3,(H,17,18). The molecule has 1 rings (SSSR count). The second-order valence-electron chi connectivity index (χ2n) is 4.47. The van der Waals surface area contributed by atoms with Crippen LogP contribution < -0.4 is 10.6 Å². The summed E-state index contributed by atoms with van der Waals surface area (Å²) < 4.78 is 0. The van der Waals surface area contributed by atoms with Crippen LogP contribution in [0.15, 0.2) is 18.2 Å². The van der Waals surface area contributed by atoms with E-state index in [0.29, 0.717) is 10.0 Å². The molecule has 100 valence electrons. The number of carbonyl (C=O) groups excluding carboxylic acids is 1. The van der Waals surface area contributed by atoms with Crippen LogP contribution in [0.5, 0.6) is 0 Å². The molecule has 0 aromatic heterocycles. The highest BCUT2D eigenvalue weighted by molar-refractivity contribution is 6.42. The summed E-state index contributed by atoms with van der Waals surface area (Å²) >= 11 is 12.1. The quantitative estimate of drug-likeness (QED) is 0.874. The smallest absolute Gasteiger partial charge is 0.234 e. The molecule has 0 aliphatic rings. The van der Waals surface area contributed by atoms with Crippen molar-refractivity contribution in [3.8, 4) is 0 Å². The molecule has 0 aliphatic heterocycles. The lowest BCUT2D eigenvalue weighted by molar-refractivity contribution is -0.120. The van der Waals surface area contributed by atoms with Gasteiger partial charge < -0.3 is 10.6 Å². The van der Waals surface area contributed by atoms with Gasteiger partial charge in [0.25, 0.3) is 0 Å². The molecule has 18 heavy (non-hydrogen) atoms. The zero-order valence-electron chi connectivity index (χ0n) is 10.8. The van der Waals surface area contributed by atoms with Crippen LogP contribution in [0.25, 0.3) is 0 Å². The molecule has 0 radical (unpaired) electrons. The van der Waals surface area contributed by atoms with E-state index in [2.05, 4.69) is 10.6 Å². The number of hydrogen-bond donors (Lipinski definition) is 2. The van der Waals surface area contributed by atoms with Crippen LogP contribution in [0.2, 0.25) is 10.0 Å². The first-order valence-electron chi connectivity index (χ1n) is 5.88. The molecule has 0 saturated carbocycles. The summed E-state index contributed by atoms with van der Waals surface area (Å²) in [7, 11) is 0. The summed E-state index contributed by atoms with van der Waals surface area (Å²) in [5, 5.41) is 6.99. The van der Waals surface area contributed by atoms with Crippen molar-refractivity contribution in [3.05, 3.63) is 33.8 Å². The van der Waals surface area contributed by atoms with E-state index in [9.17, 15) is 4.79 Å². The van der Waals surface area contributed by atoms with Crippen LogP contribution in [-0.4, -0.2) is 18.5 Å². The third-order valence-electron chi connectivity index (χ3n) is 2.47. The van der Waals surface area contributed by atoms with Crippen molar-refractivity contribution in [1.29, 1.82) is 0 Å². The summed E-state index contributed by atoms with van der Waals surface area (Å²) in [6, 6.07) is 5.59. The molecule has 0 fully saturated rings. The maximum atomic E-state index is 11.5. The minimum absolute atomic E-state index is 0.0324. The van der Waals surface area contributed by atoms with Gasteiger partial charge in [0.15, 0.2) is 0 Å². The van der Waals surface area contributed by atoms with Crippen molar-refractivity contribution in [1.82, 2.24) is 10.6 Å². The first-order valence-corrected chi connectivity index (χ1v) is 6.64.